The summed E-state index contributed by atoms with van der Waals surface area (Å²) < 4.78 is 5.47. The number of nitrogens with zero attached hydrogens (tertiary/aromatic N) is 4. The minimum absolute atomic E-state index is 0.00687. The molecule has 6 heteroatoms. The summed E-state index contributed by atoms with van der Waals surface area (Å²) in [7, 11) is 0. The van der Waals surface area contributed by atoms with Crippen molar-refractivity contribution in [2.45, 2.75) is 13.5 Å². The van der Waals surface area contributed by atoms with Crippen LogP contribution in [-0.4, -0.2) is 58.5 Å². The first-order valence-electron chi connectivity index (χ1n) is 8.26. The molecular formula is C18H22N4O2. The van der Waals surface area contributed by atoms with Crippen molar-refractivity contribution in [1.82, 2.24) is 19.8 Å². The maximum atomic E-state index is 12.7. The van der Waals surface area contributed by atoms with E-state index in [-0.39, 0.29) is 5.91 Å². The zero-order valence-corrected chi connectivity index (χ0v) is 13.9. The molecule has 0 saturated carbocycles. The maximum absolute atomic E-state index is 12.7. The molecule has 0 N–H and O–H groups in total. The summed E-state index contributed by atoms with van der Waals surface area (Å²) in [6, 6.07) is 7.58. The Hall–Kier alpha value is -2.47. The molecule has 1 fully saturated rings. The number of pyridine rings is 2. The van der Waals surface area contributed by atoms with E-state index in [1.54, 1.807) is 24.5 Å². The second-order valence-corrected chi connectivity index (χ2v) is 5.72. The van der Waals surface area contributed by atoms with E-state index < -0.39 is 0 Å². The van der Waals surface area contributed by atoms with E-state index in [0.29, 0.717) is 31.1 Å². The van der Waals surface area contributed by atoms with Crippen LogP contribution >= 0.6 is 0 Å². The number of hydrogen-bond acceptors (Lipinski definition) is 5. The molecule has 24 heavy (non-hydrogen) atoms. The summed E-state index contributed by atoms with van der Waals surface area (Å²) in [5, 5.41) is 0. The number of piperazine rings is 1. The van der Waals surface area contributed by atoms with Gasteiger partial charge in [0.2, 0.25) is 5.88 Å². The Bertz CT molecular complexity index is 670. The fraction of sp³-hybridized carbons (Fsp3) is 0.389. The van der Waals surface area contributed by atoms with Crippen molar-refractivity contribution in [1.29, 1.82) is 0 Å². The van der Waals surface area contributed by atoms with Crippen LogP contribution in [0.15, 0.2) is 42.9 Å². The third-order valence-corrected chi connectivity index (χ3v) is 4.07. The van der Waals surface area contributed by atoms with Crippen LogP contribution in [0.25, 0.3) is 0 Å². The standard InChI is InChI=1S/C18H22N4O2/c1-2-24-17-16(6-4-8-20-17)18(23)22-11-9-21(10-12-22)14-15-5-3-7-19-13-15/h3-8,13H,2,9-12,14H2,1H3. The zero-order chi connectivity index (χ0) is 16.8. The topological polar surface area (TPSA) is 58.6 Å². The Balaban J connectivity index is 1.59. The lowest BCUT2D eigenvalue weighted by molar-refractivity contribution is 0.0623. The number of amides is 1. The van der Waals surface area contributed by atoms with Crippen molar-refractivity contribution >= 4 is 5.91 Å². The molecule has 1 saturated heterocycles. The van der Waals surface area contributed by atoms with Crippen LogP contribution in [0.3, 0.4) is 0 Å². The van der Waals surface area contributed by atoms with Crippen LogP contribution in [-0.2, 0) is 6.54 Å². The zero-order valence-electron chi connectivity index (χ0n) is 13.9. The van der Waals surface area contributed by atoms with E-state index in [1.807, 2.05) is 24.1 Å². The van der Waals surface area contributed by atoms with Gasteiger partial charge in [0.15, 0.2) is 0 Å². The minimum Gasteiger partial charge on any atom is -0.477 e. The summed E-state index contributed by atoms with van der Waals surface area (Å²) in [5.74, 6) is 0.412. The number of aromatic nitrogens is 2. The lowest BCUT2D eigenvalue weighted by Gasteiger charge is -2.34. The Kier molecular flexibility index (Phi) is 5.38. The minimum atomic E-state index is -0.00687. The molecule has 0 spiro atoms. The second kappa shape index (κ2) is 7.88. The van der Waals surface area contributed by atoms with Gasteiger partial charge in [0.05, 0.1) is 6.61 Å². The SMILES string of the molecule is CCOc1ncccc1C(=O)N1CCN(Cc2cccnc2)CC1. The third kappa shape index (κ3) is 3.89. The van der Waals surface area contributed by atoms with E-state index in [2.05, 4.69) is 20.9 Å². The normalized spacial score (nSPS) is 15.3. The Morgan fingerprint density at radius 1 is 1.17 bits per heavy atom. The Morgan fingerprint density at radius 3 is 2.67 bits per heavy atom. The molecule has 1 aliphatic rings. The van der Waals surface area contributed by atoms with Crippen molar-refractivity contribution in [3.8, 4) is 5.88 Å². The molecule has 126 valence electrons. The molecule has 3 heterocycles. The summed E-state index contributed by atoms with van der Waals surface area (Å²) in [4.78, 5) is 25.3. The molecule has 0 aromatic carbocycles. The van der Waals surface area contributed by atoms with Gasteiger partial charge in [-0.3, -0.25) is 14.7 Å². The number of rotatable bonds is 5. The fourth-order valence-electron chi connectivity index (χ4n) is 2.83. The molecule has 2 aromatic heterocycles. The van der Waals surface area contributed by atoms with E-state index in [9.17, 15) is 4.79 Å². The van der Waals surface area contributed by atoms with Crippen LogP contribution < -0.4 is 4.74 Å². The first kappa shape index (κ1) is 16.4. The summed E-state index contributed by atoms with van der Waals surface area (Å²) >= 11 is 0. The summed E-state index contributed by atoms with van der Waals surface area (Å²) in [6.45, 7) is 6.37. The van der Waals surface area contributed by atoms with Gasteiger partial charge in [-0.1, -0.05) is 6.07 Å². The molecule has 1 aliphatic heterocycles. The van der Waals surface area contributed by atoms with Crippen molar-refractivity contribution in [2.24, 2.45) is 0 Å². The smallest absolute Gasteiger partial charge is 0.259 e. The molecule has 0 atom stereocenters. The highest BCUT2D eigenvalue weighted by atomic mass is 16.5. The first-order chi connectivity index (χ1) is 11.8. The highest BCUT2D eigenvalue weighted by molar-refractivity contribution is 5.96. The average molecular weight is 326 g/mol. The van der Waals surface area contributed by atoms with Gasteiger partial charge < -0.3 is 9.64 Å². The predicted molar refractivity (Wildman–Crippen MR) is 90.8 cm³/mol. The molecule has 0 unspecified atom stereocenters. The lowest BCUT2D eigenvalue weighted by atomic mass is 10.2. The largest absolute Gasteiger partial charge is 0.477 e. The van der Waals surface area contributed by atoms with Crippen LogP contribution in [0, 0.1) is 0 Å². The van der Waals surface area contributed by atoms with Crippen molar-refractivity contribution in [3.63, 3.8) is 0 Å². The van der Waals surface area contributed by atoms with Gasteiger partial charge in [0, 0.05) is 51.3 Å². The van der Waals surface area contributed by atoms with Gasteiger partial charge in [-0.25, -0.2) is 4.98 Å². The van der Waals surface area contributed by atoms with Gasteiger partial charge in [0.1, 0.15) is 5.56 Å². The number of carbonyl (C=O) groups is 1. The van der Waals surface area contributed by atoms with Gasteiger partial charge in [0.25, 0.3) is 5.91 Å². The van der Waals surface area contributed by atoms with Gasteiger partial charge in [-0.15, -0.1) is 0 Å². The third-order valence-electron chi connectivity index (χ3n) is 4.07. The van der Waals surface area contributed by atoms with Crippen molar-refractivity contribution in [2.75, 3.05) is 32.8 Å². The predicted octanol–water partition coefficient (Wildman–Crippen LogP) is 1.83. The molecule has 1 amide bonds. The Morgan fingerprint density at radius 2 is 1.96 bits per heavy atom. The number of hydrogen-bond donors (Lipinski definition) is 0. The molecule has 2 aromatic rings. The maximum Gasteiger partial charge on any atom is 0.259 e. The molecule has 0 radical (unpaired) electrons. The van der Waals surface area contributed by atoms with Crippen LogP contribution in [0.5, 0.6) is 5.88 Å². The summed E-state index contributed by atoms with van der Waals surface area (Å²) in [5.41, 5.74) is 1.74. The number of carbonyl (C=O) groups excluding carboxylic acids is 1. The summed E-state index contributed by atoms with van der Waals surface area (Å²) in [6.07, 6.45) is 5.32. The monoisotopic (exact) mass is 326 g/mol. The van der Waals surface area contributed by atoms with Crippen LogP contribution in [0.1, 0.15) is 22.8 Å². The van der Waals surface area contributed by atoms with E-state index in [0.717, 1.165) is 19.6 Å². The van der Waals surface area contributed by atoms with E-state index in [4.69, 9.17) is 4.74 Å². The number of ether oxygens (including phenoxy) is 1. The second-order valence-electron chi connectivity index (χ2n) is 5.72. The highest BCUT2D eigenvalue weighted by Gasteiger charge is 2.24. The van der Waals surface area contributed by atoms with Gasteiger partial charge >= 0.3 is 0 Å². The van der Waals surface area contributed by atoms with E-state index in [1.165, 1.54) is 5.56 Å². The van der Waals surface area contributed by atoms with Crippen LogP contribution in [0.2, 0.25) is 0 Å². The quantitative estimate of drug-likeness (QED) is 0.839. The fourth-order valence-corrected chi connectivity index (χ4v) is 2.83. The van der Waals surface area contributed by atoms with Crippen LogP contribution in [0.4, 0.5) is 0 Å². The molecule has 0 bridgehead atoms. The van der Waals surface area contributed by atoms with E-state index >= 15 is 0 Å². The molecule has 3 rings (SSSR count). The van der Waals surface area contributed by atoms with Gasteiger partial charge in [-0.2, -0.15) is 0 Å². The molecule has 6 nitrogen and oxygen atoms in total. The van der Waals surface area contributed by atoms with Crippen molar-refractivity contribution in [3.05, 3.63) is 54.0 Å². The van der Waals surface area contributed by atoms with Gasteiger partial charge in [-0.05, 0) is 30.7 Å². The Labute approximate surface area is 142 Å². The average Bonchev–Trinajstić information content (AvgIpc) is 2.63. The first-order valence-corrected chi connectivity index (χ1v) is 8.26. The highest BCUT2D eigenvalue weighted by Crippen LogP contribution is 2.18. The molecule has 0 aliphatic carbocycles. The van der Waals surface area contributed by atoms with Crippen molar-refractivity contribution < 1.29 is 9.53 Å². The lowest BCUT2D eigenvalue weighted by Crippen LogP contribution is -2.48. The molecular weight excluding hydrogens is 304 g/mol.